The van der Waals surface area contributed by atoms with Gasteiger partial charge in [0.1, 0.15) is 6.10 Å². The third-order valence-electron chi connectivity index (χ3n) is 2.48. The molecule has 18 heavy (non-hydrogen) atoms. The van der Waals surface area contributed by atoms with Crippen LogP contribution in [-0.2, 0) is 9.53 Å². The Morgan fingerprint density at radius 1 is 1.44 bits per heavy atom. The molecule has 0 spiro atoms. The van der Waals surface area contributed by atoms with Gasteiger partial charge in [0.25, 0.3) is 0 Å². The smallest absolute Gasteiger partial charge is 0.308 e. The standard InChI is InChI=1S/C13H18O4S/c1-3-18-10-6-4-5-9(7-10)13(16)11(14)8-12(15)17-2/h4-7,11,13-14,16H,3,8H2,1-2H3. The zero-order valence-corrected chi connectivity index (χ0v) is 11.3. The van der Waals surface area contributed by atoms with Crippen molar-refractivity contribution in [3.63, 3.8) is 0 Å². The van der Waals surface area contributed by atoms with Crippen molar-refractivity contribution in [3.05, 3.63) is 29.8 Å². The number of aliphatic hydroxyl groups excluding tert-OH is 2. The summed E-state index contributed by atoms with van der Waals surface area (Å²) in [4.78, 5) is 12.1. The maximum absolute atomic E-state index is 11.0. The Hall–Kier alpha value is -1.04. The maximum atomic E-state index is 11.0. The minimum atomic E-state index is -1.15. The molecule has 2 unspecified atom stereocenters. The van der Waals surface area contributed by atoms with E-state index in [1.807, 2.05) is 25.1 Å². The second-order valence-corrected chi connectivity index (χ2v) is 5.14. The summed E-state index contributed by atoms with van der Waals surface area (Å²) in [7, 11) is 1.25. The highest BCUT2D eigenvalue weighted by Crippen LogP contribution is 2.24. The van der Waals surface area contributed by atoms with Crippen molar-refractivity contribution in [1.29, 1.82) is 0 Å². The van der Waals surface area contributed by atoms with Gasteiger partial charge >= 0.3 is 5.97 Å². The van der Waals surface area contributed by atoms with Crippen molar-refractivity contribution >= 4 is 17.7 Å². The highest BCUT2D eigenvalue weighted by molar-refractivity contribution is 7.99. The zero-order chi connectivity index (χ0) is 13.5. The second-order valence-electron chi connectivity index (χ2n) is 3.80. The van der Waals surface area contributed by atoms with Crippen molar-refractivity contribution in [2.75, 3.05) is 12.9 Å². The van der Waals surface area contributed by atoms with Crippen LogP contribution in [0.1, 0.15) is 25.0 Å². The molecule has 4 nitrogen and oxygen atoms in total. The van der Waals surface area contributed by atoms with E-state index in [1.54, 1.807) is 17.8 Å². The summed E-state index contributed by atoms with van der Waals surface area (Å²) < 4.78 is 4.46. The van der Waals surface area contributed by atoms with Crippen LogP contribution in [0, 0.1) is 0 Å². The summed E-state index contributed by atoms with van der Waals surface area (Å²) in [5, 5.41) is 19.7. The average molecular weight is 270 g/mol. The highest BCUT2D eigenvalue weighted by atomic mass is 32.2. The number of carbonyl (C=O) groups is 1. The molecule has 5 heteroatoms. The number of ether oxygens (including phenoxy) is 1. The van der Waals surface area contributed by atoms with Crippen LogP contribution in [0.2, 0.25) is 0 Å². The molecule has 0 saturated heterocycles. The van der Waals surface area contributed by atoms with Crippen molar-refractivity contribution < 1.29 is 19.7 Å². The molecule has 0 aliphatic rings. The number of hydrogen-bond acceptors (Lipinski definition) is 5. The number of thioether (sulfide) groups is 1. The molecule has 2 N–H and O–H groups in total. The average Bonchev–Trinajstić information content (AvgIpc) is 2.38. The van der Waals surface area contributed by atoms with Gasteiger partial charge in [-0.05, 0) is 23.4 Å². The van der Waals surface area contributed by atoms with Gasteiger partial charge in [-0.1, -0.05) is 19.1 Å². The lowest BCUT2D eigenvalue weighted by atomic mass is 10.0. The Morgan fingerprint density at radius 3 is 2.78 bits per heavy atom. The molecule has 100 valence electrons. The largest absolute Gasteiger partial charge is 0.469 e. The summed E-state index contributed by atoms with van der Waals surface area (Å²) in [6.07, 6.45) is -2.45. The first-order valence-electron chi connectivity index (χ1n) is 5.74. The molecule has 0 bridgehead atoms. The third kappa shape index (κ3) is 4.33. The lowest BCUT2D eigenvalue weighted by molar-refractivity contribution is -0.144. The molecule has 0 heterocycles. The van der Waals surface area contributed by atoms with E-state index in [0.29, 0.717) is 5.56 Å². The summed E-state index contributed by atoms with van der Waals surface area (Å²) >= 11 is 1.65. The first kappa shape index (κ1) is 15.0. The fraction of sp³-hybridized carbons (Fsp3) is 0.462. The molecule has 0 aliphatic heterocycles. The van der Waals surface area contributed by atoms with Crippen LogP contribution in [0.5, 0.6) is 0 Å². The molecule has 0 radical (unpaired) electrons. The third-order valence-corrected chi connectivity index (χ3v) is 3.35. The van der Waals surface area contributed by atoms with Crippen LogP contribution in [0.15, 0.2) is 29.2 Å². The van der Waals surface area contributed by atoms with Crippen LogP contribution in [0.3, 0.4) is 0 Å². The molecule has 1 aromatic carbocycles. The van der Waals surface area contributed by atoms with Gasteiger partial charge in [0.2, 0.25) is 0 Å². The maximum Gasteiger partial charge on any atom is 0.308 e. The molecule has 0 aromatic heterocycles. The monoisotopic (exact) mass is 270 g/mol. The zero-order valence-electron chi connectivity index (χ0n) is 10.5. The first-order valence-corrected chi connectivity index (χ1v) is 6.72. The number of methoxy groups -OCH3 is 1. The van der Waals surface area contributed by atoms with Crippen LogP contribution < -0.4 is 0 Å². The van der Waals surface area contributed by atoms with Crippen LogP contribution in [0.4, 0.5) is 0 Å². The molecule has 0 saturated carbocycles. The van der Waals surface area contributed by atoms with E-state index in [1.165, 1.54) is 7.11 Å². The fourth-order valence-electron chi connectivity index (χ4n) is 1.54. The van der Waals surface area contributed by atoms with E-state index in [2.05, 4.69) is 4.74 Å². The molecular formula is C13H18O4S. The van der Waals surface area contributed by atoms with E-state index < -0.39 is 18.2 Å². The van der Waals surface area contributed by atoms with Crippen molar-refractivity contribution in [2.45, 2.75) is 30.4 Å². The fourth-order valence-corrected chi connectivity index (χ4v) is 2.27. The van der Waals surface area contributed by atoms with Gasteiger partial charge in [-0.3, -0.25) is 4.79 Å². The lowest BCUT2D eigenvalue weighted by Crippen LogP contribution is -2.22. The number of rotatable bonds is 6. The summed E-state index contributed by atoms with van der Waals surface area (Å²) in [5.74, 6) is 0.394. The number of benzene rings is 1. The first-order chi connectivity index (χ1) is 8.58. The van der Waals surface area contributed by atoms with Crippen LogP contribution >= 0.6 is 11.8 Å². The molecule has 0 aliphatic carbocycles. The van der Waals surface area contributed by atoms with Gasteiger partial charge in [-0.15, -0.1) is 11.8 Å². The Labute approximate surface area is 111 Å². The minimum absolute atomic E-state index is 0.219. The summed E-state index contributed by atoms with van der Waals surface area (Å²) in [6, 6.07) is 7.31. The SMILES string of the molecule is CCSc1cccc(C(O)C(O)CC(=O)OC)c1. The van der Waals surface area contributed by atoms with Gasteiger partial charge in [0.05, 0.1) is 19.6 Å². The number of aliphatic hydroxyl groups is 2. The van der Waals surface area contributed by atoms with Crippen LogP contribution in [0.25, 0.3) is 0 Å². The van der Waals surface area contributed by atoms with Gasteiger partial charge in [-0.2, -0.15) is 0 Å². The summed E-state index contributed by atoms with van der Waals surface area (Å²) in [5.41, 5.74) is 0.602. The molecule has 1 rings (SSSR count). The number of hydrogen-bond donors (Lipinski definition) is 2. The second kappa shape index (κ2) is 7.41. The van der Waals surface area contributed by atoms with E-state index in [-0.39, 0.29) is 6.42 Å². The lowest BCUT2D eigenvalue weighted by Gasteiger charge is -2.17. The predicted octanol–water partition coefficient (Wildman–Crippen LogP) is 1.76. The summed E-state index contributed by atoms with van der Waals surface area (Å²) in [6.45, 7) is 2.04. The molecule has 2 atom stereocenters. The Kier molecular flexibility index (Phi) is 6.18. The van der Waals surface area contributed by atoms with Gasteiger partial charge in [0, 0.05) is 4.90 Å². The molecule has 1 aromatic rings. The predicted molar refractivity (Wildman–Crippen MR) is 70.4 cm³/mol. The Morgan fingerprint density at radius 2 is 2.17 bits per heavy atom. The normalized spacial score (nSPS) is 14.0. The van der Waals surface area contributed by atoms with Gasteiger partial charge < -0.3 is 14.9 Å². The highest BCUT2D eigenvalue weighted by Gasteiger charge is 2.21. The number of esters is 1. The van der Waals surface area contributed by atoms with Crippen molar-refractivity contribution in [1.82, 2.24) is 0 Å². The van der Waals surface area contributed by atoms with Crippen molar-refractivity contribution in [3.8, 4) is 0 Å². The Balaban J connectivity index is 2.73. The van der Waals surface area contributed by atoms with E-state index in [9.17, 15) is 15.0 Å². The topological polar surface area (TPSA) is 66.8 Å². The van der Waals surface area contributed by atoms with E-state index in [0.717, 1.165) is 10.6 Å². The van der Waals surface area contributed by atoms with Crippen molar-refractivity contribution in [2.24, 2.45) is 0 Å². The number of carbonyl (C=O) groups excluding carboxylic acids is 1. The van der Waals surface area contributed by atoms with E-state index >= 15 is 0 Å². The molecular weight excluding hydrogens is 252 g/mol. The molecule has 0 amide bonds. The Bertz CT molecular complexity index is 394. The molecule has 0 fully saturated rings. The minimum Gasteiger partial charge on any atom is -0.469 e. The van der Waals surface area contributed by atoms with Crippen LogP contribution in [-0.4, -0.2) is 35.1 Å². The van der Waals surface area contributed by atoms with Gasteiger partial charge in [-0.25, -0.2) is 0 Å². The quantitative estimate of drug-likeness (QED) is 0.609. The van der Waals surface area contributed by atoms with Gasteiger partial charge in [0.15, 0.2) is 0 Å². The van der Waals surface area contributed by atoms with E-state index in [4.69, 9.17) is 0 Å².